The highest BCUT2D eigenvalue weighted by Crippen LogP contribution is 2.39. The van der Waals surface area contributed by atoms with E-state index >= 15 is 0 Å². The summed E-state index contributed by atoms with van der Waals surface area (Å²) >= 11 is 3.33. The Balaban J connectivity index is 2.16. The van der Waals surface area contributed by atoms with Gasteiger partial charge >= 0.3 is 0 Å². The Bertz CT molecular complexity index is 774. The fraction of sp³-hybridized carbons (Fsp3) is 0.0625. The molecule has 1 amide bonds. The lowest BCUT2D eigenvalue weighted by molar-refractivity contribution is -0.117. The van der Waals surface area contributed by atoms with E-state index in [0.717, 1.165) is 10.0 Å². The van der Waals surface area contributed by atoms with Crippen molar-refractivity contribution in [3.8, 4) is 0 Å². The fourth-order valence-electron chi connectivity index (χ4n) is 2.47. The van der Waals surface area contributed by atoms with Crippen LogP contribution >= 0.6 is 15.9 Å². The molecule has 0 saturated heterocycles. The number of aromatic nitrogens is 1. The third-order valence-electron chi connectivity index (χ3n) is 3.44. The van der Waals surface area contributed by atoms with Crippen molar-refractivity contribution in [1.82, 2.24) is 4.98 Å². The SMILES string of the molecule is O=CC1=C(O)C(=O)N(c2cc(Br)ccn2)C1c1ccccc1. The van der Waals surface area contributed by atoms with Gasteiger partial charge in [0, 0.05) is 10.7 Å². The Morgan fingerprint density at radius 3 is 2.59 bits per heavy atom. The number of anilines is 1. The number of nitrogens with zero attached hydrogens (tertiary/aromatic N) is 2. The number of hydrogen-bond donors (Lipinski definition) is 1. The maximum absolute atomic E-state index is 12.4. The second-order valence-corrected chi connectivity index (χ2v) is 5.66. The topological polar surface area (TPSA) is 70.5 Å². The highest BCUT2D eigenvalue weighted by Gasteiger charge is 2.41. The van der Waals surface area contributed by atoms with Crippen molar-refractivity contribution in [3.63, 3.8) is 0 Å². The lowest BCUT2D eigenvalue weighted by Crippen LogP contribution is -2.31. The van der Waals surface area contributed by atoms with Crippen molar-refractivity contribution in [2.45, 2.75) is 6.04 Å². The van der Waals surface area contributed by atoms with Crippen LogP contribution in [0.4, 0.5) is 5.82 Å². The number of amides is 1. The number of aldehydes is 1. The van der Waals surface area contributed by atoms with E-state index in [-0.39, 0.29) is 5.57 Å². The van der Waals surface area contributed by atoms with Gasteiger partial charge in [-0.2, -0.15) is 0 Å². The van der Waals surface area contributed by atoms with Crippen LogP contribution in [0.2, 0.25) is 0 Å². The maximum Gasteiger partial charge on any atom is 0.295 e. The van der Waals surface area contributed by atoms with Gasteiger partial charge in [0.15, 0.2) is 12.0 Å². The lowest BCUT2D eigenvalue weighted by Gasteiger charge is -2.25. The van der Waals surface area contributed by atoms with Crippen molar-refractivity contribution in [2.24, 2.45) is 0 Å². The second-order valence-electron chi connectivity index (χ2n) is 4.74. The summed E-state index contributed by atoms with van der Waals surface area (Å²) in [6, 6.07) is 11.8. The summed E-state index contributed by atoms with van der Waals surface area (Å²) in [5.41, 5.74) is 0.766. The minimum Gasteiger partial charge on any atom is -0.503 e. The number of aliphatic hydroxyl groups is 1. The molecule has 0 saturated carbocycles. The van der Waals surface area contributed by atoms with Crippen LogP contribution in [0.3, 0.4) is 0 Å². The summed E-state index contributed by atoms with van der Waals surface area (Å²) in [6.45, 7) is 0. The summed E-state index contributed by atoms with van der Waals surface area (Å²) in [5.74, 6) is -0.816. The van der Waals surface area contributed by atoms with Gasteiger partial charge in [-0.15, -0.1) is 0 Å². The molecule has 0 radical (unpaired) electrons. The van der Waals surface area contributed by atoms with Crippen LogP contribution in [0.15, 0.2) is 64.5 Å². The predicted molar refractivity (Wildman–Crippen MR) is 84.3 cm³/mol. The molecule has 0 fully saturated rings. The molecule has 3 rings (SSSR count). The smallest absolute Gasteiger partial charge is 0.295 e. The Kier molecular flexibility index (Phi) is 3.77. The van der Waals surface area contributed by atoms with Gasteiger partial charge in [0.1, 0.15) is 5.82 Å². The Morgan fingerprint density at radius 2 is 1.95 bits per heavy atom. The fourth-order valence-corrected chi connectivity index (χ4v) is 2.79. The van der Waals surface area contributed by atoms with Gasteiger partial charge in [-0.3, -0.25) is 14.5 Å². The third-order valence-corrected chi connectivity index (χ3v) is 3.94. The molecule has 5 nitrogen and oxygen atoms in total. The van der Waals surface area contributed by atoms with Crippen LogP contribution in [0.1, 0.15) is 11.6 Å². The average Bonchev–Trinajstić information content (AvgIpc) is 2.79. The third kappa shape index (κ3) is 2.31. The van der Waals surface area contributed by atoms with Crippen molar-refractivity contribution in [3.05, 3.63) is 70.0 Å². The predicted octanol–water partition coefficient (Wildman–Crippen LogP) is 2.94. The lowest BCUT2D eigenvalue weighted by atomic mass is 10.0. The number of aliphatic hydroxyl groups excluding tert-OH is 1. The van der Waals surface area contributed by atoms with Crippen LogP contribution in [0, 0.1) is 0 Å². The largest absolute Gasteiger partial charge is 0.503 e. The van der Waals surface area contributed by atoms with Crippen LogP contribution in [0.5, 0.6) is 0 Å². The summed E-state index contributed by atoms with van der Waals surface area (Å²) in [7, 11) is 0. The average molecular weight is 359 g/mol. The normalized spacial score (nSPS) is 18.0. The molecule has 22 heavy (non-hydrogen) atoms. The summed E-state index contributed by atoms with van der Waals surface area (Å²) in [4.78, 5) is 29.2. The van der Waals surface area contributed by atoms with Crippen LogP contribution in [-0.2, 0) is 9.59 Å². The number of halogens is 1. The van der Waals surface area contributed by atoms with E-state index in [4.69, 9.17) is 0 Å². The number of rotatable bonds is 3. The van der Waals surface area contributed by atoms with Crippen LogP contribution < -0.4 is 4.90 Å². The number of hydrogen-bond acceptors (Lipinski definition) is 4. The molecule has 1 N–H and O–H groups in total. The number of carbonyl (C=O) groups is 2. The molecule has 2 aromatic rings. The molecule has 6 heteroatoms. The molecule has 0 spiro atoms. The molecule has 0 bridgehead atoms. The zero-order valence-electron chi connectivity index (χ0n) is 11.3. The van der Waals surface area contributed by atoms with Gasteiger partial charge in [-0.1, -0.05) is 46.3 Å². The molecular formula is C16H11BrN2O3. The van der Waals surface area contributed by atoms with Gasteiger partial charge in [-0.25, -0.2) is 4.98 Å². The monoisotopic (exact) mass is 358 g/mol. The summed E-state index contributed by atoms with van der Waals surface area (Å²) < 4.78 is 0.746. The van der Waals surface area contributed by atoms with E-state index in [2.05, 4.69) is 20.9 Å². The molecule has 0 aliphatic carbocycles. The number of benzene rings is 1. The first kappa shape index (κ1) is 14.5. The van der Waals surface area contributed by atoms with E-state index in [1.807, 2.05) is 18.2 Å². The molecule has 1 unspecified atom stereocenters. The molecule has 1 aromatic carbocycles. The molecule has 1 atom stereocenters. The number of carbonyl (C=O) groups excluding carboxylic acids is 2. The first-order valence-corrected chi connectivity index (χ1v) is 7.31. The van der Waals surface area contributed by atoms with Crippen molar-refractivity contribution in [2.75, 3.05) is 4.90 Å². The zero-order valence-corrected chi connectivity index (χ0v) is 12.9. The Labute approximate surface area is 135 Å². The standard InChI is InChI=1S/C16H11BrN2O3/c17-11-6-7-18-13(8-11)19-14(10-4-2-1-3-5-10)12(9-20)15(21)16(19)22/h1-9,14,21H. The molecule has 110 valence electrons. The van der Waals surface area contributed by atoms with Crippen molar-refractivity contribution < 1.29 is 14.7 Å². The Hall–Kier alpha value is -2.47. The minimum absolute atomic E-state index is 0.0398. The van der Waals surface area contributed by atoms with Gasteiger partial charge < -0.3 is 5.11 Å². The highest BCUT2D eigenvalue weighted by atomic mass is 79.9. The maximum atomic E-state index is 12.4. The van der Waals surface area contributed by atoms with Gasteiger partial charge in [0.2, 0.25) is 0 Å². The molecule has 1 aromatic heterocycles. The van der Waals surface area contributed by atoms with E-state index in [1.54, 1.807) is 30.5 Å². The first-order chi connectivity index (χ1) is 10.6. The summed E-state index contributed by atoms with van der Waals surface area (Å²) in [6.07, 6.45) is 2.06. The van der Waals surface area contributed by atoms with Crippen molar-refractivity contribution >= 4 is 33.9 Å². The van der Waals surface area contributed by atoms with E-state index in [1.165, 1.54) is 4.90 Å². The van der Waals surface area contributed by atoms with Crippen LogP contribution in [-0.4, -0.2) is 22.3 Å². The molecule has 1 aliphatic rings. The van der Waals surface area contributed by atoms with Gasteiger partial charge in [-0.05, 0) is 17.7 Å². The molecule has 2 heterocycles. The van der Waals surface area contributed by atoms with E-state index < -0.39 is 17.7 Å². The van der Waals surface area contributed by atoms with E-state index in [0.29, 0.717) is 12.1 Å². The quantitative estimate of drug-likeness (QED) is 0.856. The first-order valence-electron chi connectivity index (χ1n) is 6.52. The highest BCUT2D eigenvalue weighted by molar-refractivity contribution is 9.10. The van der Waals surface area contributed by atoms with Gasteiger partial charge in [0.25, 0.3) is 5.91 Å². The molecular weight excluding hydrogens is 348 g/mol. The van der Waals surface area contributed by atoms with Crippen LogP contribution in [0.25, 0.3) is 0 Å². The minimum atomic E-state index is -0.687. The van der Waals surface area contributed by atoms with Crippen molar-refractivity contribution in [1.29, 1.82) is 0 Å². The van der Waals surface area contributed by atoms with E-state index in [9.17, 15) is 14.7 Å². The second kappa shape index (κ2) is 5.73. The molecule has 1 aliphatic heterocycles. The Morgan fingerprint density at radius 1 is 1.23 bits per heavy atom. The summed E-state index contributed by atoms with van der Waals surface area (Å²) in [5, 5.41) is 10.0. The number of pyridine rings is 1. The van der Waals surface area contributed by atoms with Gasteiger partial charge in [0.05, 0.1) is 11.6 Å². The zero-order chi connectivity index (χ0) is 15.7.